The molecule has 0 aromatic carbocycles. The van der Waals surface area contributed by atoms with Crippen LogP contribution in [0.5, 0.6) is 0 Å². The van der Waals surface area contributed by atoms with Crippen molar-refractivity contribution in [3.05, 3.63) is 0 Å². The molecule has 1 rings (SSSR count). The van der Waals surface area contributed by atoms with Gasteiger partial charge in [-0.15, -0.1) is 0 Å². The Morgan fingerprint density at radius 2 is 2.44 bits per heavy atom. The van der Waals surface area contributed by atoms with E-state index in [1.54, 1.807) is 6.21 Å². The number of carbonyl (C=O) groups is 1. The van der Waals surface area contributed by atoms with E-state index in [4.69, 9.17) is 0 Å². The van der Waals surface area contributed by atoms with Crippen molar-refractivity contribution in [2.45, 2.75) is 13.8 Å². The molecule has 0 fully saturated rings. The van der Waals surface area contributed by atoms with Gasteiger partial charge in [-0.1, -0.05) is 13.8 Å². The lowest BCUT2D eigenvalue weighted by molar-refractivity contribution is 0.244. The molecule has 3 heteroatoms. The second kappa shape index (κ2) is 1.83. The zero-order chi connectivity index (χ0) is 6.91. The summed E-state index contributed by atoms with van der Waals surface area (Å²) in [7, 11) is 0. The molecule has 0 radical (unpaired) electrons. The first kappa shape index (κ1) is 6.26. The van der Waals surface area contributed by atoms with Gasteiger partial charge in [0.15, 0.2) is 0 Å². The number of aliphatic imine (C=N–C) groups is 1. The van der Waals surface area contributed by atoms with Crippen molar-refractivity contribution in [3.63, 3.8) is 0 Å². The van der Waals surface area contributed by atoms with Crippen molar-refractivity contribution < 1.29 is 4.79 Å². The average molecular weight is 126 g/mol. The minimum Gasteiger partial charge on any atom is -0.335 e. The summed E-state index contributed by atoms with van der Waals surface area (Å²) in [5.74, 6) is 0. The highest BCUT2D eigenvalue weighted by Crippen LogP contribution is 2.12. The van der Waals surface area contributed by atoms with Crippen molar-refractivity contribution in [1.82, 2.24) is 5.32 Å². The molecule has 1 aliphatic rings. The third kappa shape index (κ3) is 1.52. The number of nitrogens with one attached hydrogen (secondary N) is 1. The van der Waals surface area contributed by atoms with Gasteiger partial charge in [-0.3, -0.25) is 0 Å². The number of urea groups is 1. The topological polar surface area (TPSA) is 41.5 Å². The molecule has 9 heavy (non-hydrogen) atoms. The number of amides is 2. The van der Waals surface area contributed by atoms with E-state index in [0.717, 1.165) is 0 Å². The van der Waals surface area contributed by atoms with Crippen LogP contribution in [0.1, 0.15) is 13.8 Å². The van der Waals surface area contributed by atoms with Crippen LogP contribution in [0.25, 0.3) is 0 Å². The second-order valence-corrected chi connectivity index (χ2v) is 2.91. The molecular formula is C6H10N2O. The second-order valence-electron chi connectivity index (χ2n) is 2.91. The lowest BCUT2D eigenvalue weighted by atomic mass is 9.95. The van der Waals surface area contributed by atoms with Gasteiger partial charge >= 0.3 is 6.03 Å². The summed E-state index contributed by atoms with van der Waals surface area (Å²) in [5.41, 5.74) is 0.0356. The Kier molecular flexibility index (Phi) is 1.27. The summed E-state index contributed by atoms with van der Waals surface area (Å²) < 4.78 is 0. The minimum absolute atomic E-state index is 0.0356. The molecule has 0 saturated carbocycles. The molecule has 1 heterocycles. The quantitative estimate of drug-likeness (QED) is 0.512. The first-order valence-electron chi connectivity index (χ1n) is 2.93. The summed E-state index contributed by atoms with van der Waals surface area (Å²) in [4.78, 5) is 14.0. The Balaban J connectivity index is 2.69. The van der Waals surface area contributed by atoms with Gasteiger partial charge in [0.25, 0.3) is 0 Å². The van der Waals surface area contributed by atoms with Gasteiger partial charge in [0, 0.05) is 18.2 Å². The fourth-order valence-electron chi connectivity index (χ4n) is 0.628. The highest BCUT2D eigenvalue weighted by molar-refractivity contribution is 5.88. The highest BCUT2D eigenvalue weighted by atomic mass is 16.2. The van der Waals surface area contributed by atoms with Crippen molar-refractivity contribution in [2.75, 3.05) is 6.54 Å². The Morgan fingerprint density at radius 1 is 1.78 bits per heavy atom. The predicted octanol–water partition coefficient (Wildman–Crippen LogP) is 0.807. The van der Waals surface area contributed by atoms with Crippen molar-refractivity contribution in [1.29, 1.82) is 0 Å². The van der Waals surface area contributed by atoms with Crippen LogP contribution >= 0.6 is 0 Å². The molecule has 1 N–H and O–H groups in total. The fourth-order valence-corrected chi connectivity index (χ4v) is 0.628. The lowest BCUT2D eigenvalue weighted by Gasteiger charge is -2.22. The zero-order valence-electron chi connectivity index (χ0n) is 5.64. The minimum atomic E-state index is -0.227. The first-order valence-corrected chi connectivity index (χ1v) is 2.93. The van der Waals surface area contributed by atoms with Gasteiger partial charge in [0.05, 0.1) is 0 Å². The van der Waals surface area contributed by atoms with Crippen molar-refractivity contribution >= 4 is 12.2 Å². The van der Waals surface area contributed by atoms with Gasteiger partial charge in [-0.2, -0.15) is 0 Å². The van der Waals surface area contributed by atoms with Crippen molar-refractivity contribution in [2.24, 2.45) is 10.4 Å². The van der Waals surface area contributed by atoms with Crippen molar-refractivity contribution in [3.8, 4) is 0 Å². The Labute approximate surface area is 54.2 Å². The Morgan fingerprint density at radius 3 is 2.78 bits per heavy atom. The molecule has 0 aromatic heterocycles. The molecule has 0 aliphatic carbocycles. The highest BCUT2D eigenvalue weighted by Gasteiger charge is 2.19. The average Bonchev–Trinajstić information content (AvgIpc) is 1.78. The summed E-state index contributed by atoms with van der Waals surface area (Å²) in [6, 6.07) is -0.227. The number of nitrogens with zero attached hydrogens (tertiary/aromatic N) is 1. The molecule has 0 aromatic rings. The van der Waals surface area contributed by atoms with E-state index in [0.29, 0.717) is 6.54 Å². The molecule has 50 valence electrons. The van der Waals surface area contributed by atoms with Crippen LogP contribution < -0.4 is 5.32 Å². The van der Waals surface area contributed by atoms with Gasteiger partial charge < -0.3 is 5.32 Å². The number of hydrogen-bond acceptors (Lipinski definition) is 1. The fraction of sp³-hybridized carbons (Fsp3) is 0.667. The molecular weight excluding hydrogens is 116 g/mol. The number of carbonyl (C=O) groups excluding carboxylic acids is 1. The Hall–Kier alpha value is -0.860. The molecule has 1 aliphatic heterocycles. The van der Waals surface area contributed by atoms with Crippen LogP contribution in [0.3, 0.4) is 0 Å². The summed E-state index contributed by atoms with van der Waals surface area (Å²) in [6.45, 7) is 4.74. The lowest BCUT2D eigenvalue weighted by Crippen LogP contribution is -2.37. The third-order valence-corrected chi connectivity index (χ3v) is 1.23. The molecule has 0 saturated heterocycles. The molecule has 0 atom stereocenters. The molecule has 0 bridgehead atoms. The van der Waals surface area contributed by atoms with E-state index < -0.39 is 0 Å². The maximum atomic E-state index is 10.4. The molecule has 0 spiro atoms. The zero-order valence-corrected chi connectivity index (χ0v) is 5.64. The predicted molar refractivity (Wildman–Crippen MR) is 35.7 cm³/mol. The van der Waals surface area contributed by atoms with E-state index >= 15 is 0 Å². The maximum Gasteiger partial charge on any atom is 0.340 e. The smallest absolute Gasteiger partial charge is 0.335 e. The van der Waals surface area contributed by atoms with Crippen LogP contribution in [-0.2, 0) is 0 Å². The van der Waals surface area contributed by atoms with Crippen LogP contribution in [-0.4, -0.2) is 18.8 Å². The first-order chi connectivity index (χ1) is 4.10. The van der Waals surface area contributed by atoms with Crippen LogP contribution in [0.2, 0.25) is 0 Å². The monoisotopic (exact) mass is 126 g/mol. The summed E-state index contributed by atoms with van der Waals surface area (Å²) in [5, 5.41) is 2.64. The largest absolute Gasteiger partial charge is 0.340 e. The standard InChI is InChI=1S/C6H10N2O/c1-6(2)3-7-5(9)8-4-6/h3H,4H2,1-2H3,(H,8,9). The van der Waals surface area contributed by atoms with Crippen LogP contribution in [0.15, 0.2) is 4.99 Å². The number of hydrogen-bond donors (Lipinski definition) is 1. The SMILES string of the molecule is CC1(C)C=NC(=O)NC1. The Bertz CT molecular complexity index is 160. The van der Waals surface area contributed by atoms with Gasteiger partial charge in [0.2, 0.25) is 0 Å². The van der Waals surface area contributed by atoms with E-state index in [2.05, 4.69) is 10.3 Å². The molecule has 2 amide bonds. The molecule has 3 nitrogen and oxygen atoms in total. The van der Waals surface area contributed by atoms with Crippen LogP contribution in [0, 0.1) is 5.41 Å². The normalized spacial score (nSPS) is 23.6. The number of rotatable bonds is 0. The van der Waals surface area contributed by atoms with E-state index in [9.17, 15) is 4.79 Å². The van der Waals surface area contributed by atoms with Gasteiger partial charge in [-0.05, 0) is 0 Å². The van der Waals surface area contributed by atoms with E-state index in [-0.39, 0.29) is 11.4 Å². The van der Waals surface area contributed by atoms with E-state index in [1.165, 1.54) is 0 Å². The molecule has 0 unspecified atom stereocenters. The van der Waals surface area contributed by atoms with Gasteiger partial charge in [-0.25, -0.2) is 9.79 Å². The van der Waals surface area contributed by atoms with Gasteiger partial charge in [0.1, 0.15) is 0 Å². The van der Waals surface area contributed by atoms with Crippen LogP contribution in [0.4, 0.5) is 4.79 Å². The third-order valence-electron chi connectivity index (χ3n) is 1.23. The maximum absolute atomic E-state index is 10.4. The summed E-state index contributed by atoms with van der Waals surface area (Å²) >= 11 is 0. The van der Waals surface area contributed by atoms with E-state index in [1.807, 2.05) is 13.8 Å². The summed E-state index contributed by atoms with van der Waals surface area (Å²) in [6.07, 6.45) is 1.69.